The van der Waals surface area contributed by atoms with Gasteiger partial charge in [-0.05, 0) is 60.9 Å². The van der Waals surface area contributed by atoms with Gasteiger partial charge >= 0.3 is 7.12 Å². The van der Waals surface area contributed by atoms with Crippen LogP contribution in [0, 0.1) is 0 Å². The van der Waals surface area contributed by atoms with Crippen molar-refractivity contribution in [3.63, 3.8) is 0 Å². The van der Waals surface area contributed by atoms with Crippen molar-refractivity contribution in [1.29, 1.82) is 0 Å². The van der Waals surface area contributed by atoms with E-state index in [2.05, 4.69) is 33.6 Å². The van der Waals surface area contributed by atoms with E-state index in [-0.39, 0.29) is 17.8 Å². The monoisotopic (exact) mass is 390 g/mol. The van der Waals surface area contributed by atoms with Crippen molar-refractivity contribution in [2.75, 3.05) is 31.1 Å². The lowest BCUT2D eigenvalue weighted by Crippen LogP contribution is -2.45. The summed E-state index contributed by atoms with van der Waals surface area (Å²) in [4.78, 5) is 13.9. The van der Waals surface area contributed by atoms with E-state index in [1.807, 2.05) is 40.1 Å². The van der Waals surface area contributed by atoms with E-state index < -0.39 is 7.12 Å². The smallest absolute Gasteiger partial charge is 0.399 e. The predicted octanol–water partition coefficient (Wildman–Crippen LogP) is 1.45. The largest absolute Gasteiger partial charge is 0.498 e. The minimum Gasteiger partial charge on any atom is -0.399 e. The molecule has 1 aromatic rings. The molecule has 0 radical (unpaired) electrons. The fourth-order valence-corrected chi connectivity index (χ4v) is 3.86. The minimum atomic E-state index is -0.443. The maximum absolute atomic E-state index is 9.31. The number of rotatable bonds is 7. The van der Waals surface area contributed by atoms with Gasteiger partial charge in [-0.3, -0.25) is 4.90 Å². The fraction of sp³-hybridized carbons (Fsp3) is 0.800. The molecule has 7 nitrogen and oxygen atoms in total. The number of hydrogen-bond acceptors (Lipinski definition) is 7. The van der Waals surface area contributed by atoms with Gasteiger partial charge < -0.3 is 19.3 Å². The number of β-amino-alcohol motifs (C(OH)–C–C–N with tert-alkyl or cyclic N) is 1. The second-order valence-corrected chi connectivity index (χ2v) is 9.21. The SMILES string of the molecule is CC(C)N(C[C@H]1CCCN1CCO)c1ncc(B2OC(C)(C)C(C)(C)O2)cn1. The van der Waals surface area contributed by atoms with Crippen LogP contribution in [-0.4, -0.2) is 76.6 Å². The molecule has 1 aromatic heterocycles. The van der Waals surface area contributed by atoms with Gasteiger partial charge in [-0.15, -0.1) is 0 Å². The van der Waals surface area contributed by atoms with Gasteiger partial charge in [0.05, 0.1) is 17.8 Å². The summed E-state index contributed by atoms with van der Waals surface area (Å²) < 4.78 is 12.2. The van der Waals surface area contributed by atoms with Crippen LogP contribution in [0.2, 0.25) is 0 Å². The average Bonchev–Trinajstić information content (AvgIpc) is 3.14. The molecule has 1 N–H and O–H groups in total. The first kappa shape index (κ1) is 21.5. The summed E-state index contributed by atoms with van der Waals surface area (Å²) in [6.07, 6.45) is 5.97. The molecule has 0 amide bonds. The van der Waals surface area contributed by atoms with E-state index in [9.17, 15) is 5.11 Å². The third kappa shape index (κ3) is 4.35. The summed E-state index contributed by atoms with van der Waals surface area (Å²) >= 11 is 0. The van der Waals surface area contributed by atoms with Gasteiger partial charge in [0.1, 0.15) is 0 Å². The van der Waals surface area contributed by atoms with Gasteiger partial charge in [-0.25, -0.2) is 9.97 Å². The molecule has 2 aliphatic rings. The Labute approximate surface area is 169 Å². The number of likely N-dealkylation sites (tertiary alicyclic amines) is 1. The Hall–Kier alpha value is -1.22. The Morgan fingerprint density at radius 1 is 1.21 bits per heavy atom. The normalized spacial score (nSPS) is 24.3. The van der Waals surface area contributed by atoms with Gasteiger partial charge in [0.2, 0.25) is 5.95 Å². The lowest BCUT2D eigenvalue weighted by atomic mass is 9.81. The predicted molar refractivity (Wildman–Crippen MR) is 112 cm³/mol. The van der Waals surface area contributed by atoms with Gasteiger partial charge in [0.15, 0.2) is 0 Å². The highest BCUT2D eigenvalue weighted by Gasteiger charge is 2.52. The van der Waals surface area contributed by atoms with Crippen LogP contribution in [0.1, 0.15) is 54.4 Å². The van der Waals surface area contributed by atoms with Crippen LogP contribution in [0.5, 0.6) is 0 Å². The molecule has 3 heterocycles. The molecule has 156 valence electrons. The van der Waals surface area contributed by atoms with Crippen LogP contribution in [-0.2, 0) is 9.31 Å². The number of aliphatic hydroxyl groups excluding tert-OH is 1. The van der Waals surface area contributed by atoms with Crippen molar-refractivity contribution in [3.8, 4) is 0 Å². The van der Waals surface area contributed by atoms with Gasteiger partial charge in [0, 0.05) is 43.0 Å². The van der Waals surface area contributed by atoms with Crippen molar-refractivity contribution in [1.82, 2.24) is 14.9 Å². The molecule has 0 aromatic carbocycles. The molecule has 1 atom stereocenters. The molecule has 28 heavy (non-hydrogen) atoms. The van der Waals surface area contributed by atoms with E-state index >= 15 is 0 Å². The number of anilines is 1. The van der Waals surface area contributed by atoms with Crippen LogP contribution in [0.15, 0.2) is 12.4 Å². The van der Waals surface area contributed by atoms with Crippen molar-refractivity contribution >= 4 is 18.5 Å². The van der Waals surface area contributed by atoms with E-state index in [0.29, 0.717) is 12.1 Å². The molecule has 0 unspecified atom stereocenters. The highest BCUT2D eigenvalue weighted by atomic mass is 16.7. The standard InChI is InChI=1S/C20H35BN4O3/c1-15(2)25(14-17-8-7-9-24(17)10-11-26)18-22-12-16(13-23-18)21-27-19(3,4)20(5,6)28-21/h12-13,15,17,26H,7-11,14H2,1-6H3/t17-/m1/s1. The fourth-order valence-electron chi connectivity index (χ4n) is 3.86. The minimum absolute atomic E-state index is 0.206. The second kappa shape index (κ2) is 8.26. The van der Waals surface area contributed by atoms with Crippen LogP contribution in [0.3, 0.4) is 0 Å². The van der Waals surface area contributed by atoms with Gasteiger partial charge in [0.25, 0.3) is 0 Å². The number of aromatic nitrogens is 2. The first-order valence-electron chi connectivity index (χ1n) is 10.4. The zero-order valence-electron chi connectivity index (χ0n) is 18.2. The summed E-state index contributed by atoms with van der Waals surface area (Å²) in [6.45, 7) is 15.4. The average molecular weight is 390 g/mol. The van der Waals surface area contributed by atoms with Crippen molar-refractivity contribution < 1.29 is 14.4 Å². The molecule has 0 saturated carbocycles. The Kier molecular flexibility index (Phi) is 6.34. The quantitative estimate of drug-likeness (QED) is 0.707. The zero-order chi connectivity index (χ0) is 20.5. The van der Waals surface area contributed by atoms with Crippen molar-refractivity contribution in [2.45, 2.75) is 77.7 Å². The Morgan fingerprint density at radius 2 is 1.82 bits per heavy atom. The molecule has 0 aliphatic carbocycles. The molecule has 2 fully saturated rings. The van der Waals surface area contributed by atoms with Crippen LogP contribution >= 0.6 is 0 Å². The second-order valence-electron chi connectivity index (χ2n) is 9.21. The van der Waals surface area contributed by atoms with Crippen LogP contribution in [0.25, 0.3) is 0 Å². The van der Waals surface area contributed by atoms with Crippen molar-refractivity contribution in [3.05, 3.63) is 12.4 Å². The van der Waals surface area contributed by atoms with Gasteiger partial charge in [-0.1, -0.05) is 0 Å². The number of hydrogen-bond donors (Lipinski definition) is 1. The summed E-state index contributed by atoms with van der Waals surface area (Å²) in [5, 5.41) is 9.31. The van der Waals surface area contributed by atoms with Crippen molar-refractivity contribution in [2.24, 2.45) is 0 Å². The van der Waals surface area contributed by atoms with Crippen LogP contribution in [0.4, 0.5) is 5.95 Å². The van der Waals surface area contributed by atoms with E-state index in [0.717, 1.165) is 37.5 Å². The summed E-state index contributed by atoms with van der Waals surface area (Å²) in [5.74, 6) is 0.728. The third-order valence-corrected chi connectivity index (χ3v) is 6.36. The first-order chi connectivity index (χ1) is 13.1. The van der Waals surface area contributed by atoms with E-state index in [1.165, 1.54) is 6.42 Å². The lowest BCUT2D eigenvalue weighted by molar-refractivity contribution is 0.00578. The lowest BCUT2D eigenvalue weighted by Gasteiger charge is -2.33. The van der Waals surface area contributed by atoms with Crippen LogP contribution < -0.4 is 10.4 Å². The Balaban J connectivity index is 1.71. The molecule has 0 spiro atoms. The zero-order valence-corrected chi connectivity index (χ0v) is 18.2. The summed E-state index contributed by atoms with van der Waals surface area (Å²) in [6, 6.07) is 0.722. The maximum Gasteiger partial charge on any atom is 0.498 e. The highest BCUT2D eigenvalue weighted by Crippen LogP contribution is 2.36. The number of nitrogens with zero attached hydrogens (tertiary/aromatic N) is 4. The molecule has 0 bridgehead atoms. The molecular formula is C20H35BN4O3. The Morgan fingerprint density at radius 3 is 2.36 bits per heavy atom. The van der Waals surface area contributed by atoms with E-state index in [4.69, 9.17) is 9.31 Å². The number of aliphatic hydroxyl groups is 1. The van der Waals surface area contributed by atoms with E-state index in [1.54, 1.807) is 0 Å². The molecule has 3 rings (SSSR count). The first-order valence-corrected chi connectivity index (χ1v) is 10.4. The van der Waals surface area contributed by atoms with Gasteiger partial charge in [-0.2, -0.15) is 0 Å². The summed E-state index contributed by atoms with van der Waals surface area (Å²) in [7, 11) is -0.443. The molecule has 2 aliphatic heterocycles. The highest BCUT2D eigenvalue weighted by molar-refractivity contribution is 6.61. The molecule has 8 heteroatoms. The summed E-state index contributed by atoms with van der Waals surface area (Å²) in [5.41, 5.74) is 0.0895. The molecular weight excluding hydrogens is 355 g/mol. The topological polar surface area (TPSA) is 71.0 Å². The third-order valence-electron chi connectivity index (χ3n) is 6.36. The Bertz CT molecular complexity index is 637. The molecule has 2 saturated heterocycles. The maximum atomic E-state index is 9.31.